The molecular weight excluding hydrogens is 420 g/mol. The summed E-state index contributed by atoms with van der Waals surface area (Å²) in [6.07, 6.45) is 5.93. The van der Waals surface area contributed by atoms with Gasteiger partial charge in [-0.1, -0.05) is 55.5 Å². The third kappa shape index (κ3) is 4.08. The molecule has 1 unspecified atom stereocenters. The van der Waals surface area contributed by atoms with Crippen molar-refractivity contribution in [2.75, 3.05) is 18.4 Å². The lowest BCUT2D eigenvalue weighted by Crippen LogP contribution is -2.41. The van der Waals surface area contributed by atoms with Gasteiger partial charge >= 0.3 is 0 Å². The SMILES string of the molecule is CC1(CNC(=O)c2ccc3c(c2)[C@](C)(C#N)CCN3)C=c2nc(-c3ccccc3)ccc2=CC1.[HH].[HH]. The number of nitrogens with zero attached hydrogens (tertiary/aromatic N) is 2. The van der Waals surface area contributed by atoms with E-state index in [1.807, 2.05) is 43.3 Å². The van der Waals surface area contributed by atoms with Crippen LogP contribution in [0.5, 0.6) is 0 Å². The third-order valence-electron chi connectivity index (χ3n) is 7.02. The van der Waals surface area contributed by atoms with E-state index in [0.29, 0.717) is 12.1 Å². The van der Waals surface area contributed by atoms with Gasteiger partial charge < -0.3 is 10.6 Å². The Morgan fingerprint density at radius 2 is 2.00 bits per heavy atom. The first kappa shape index (κ1) is 21.9. The molecule has 2 N–H and O–H groups in total. The predicted molar refractivity (Wildman–Crippen MR) is 140 cm³/mol. The maximum absolute atomic E-state index is 13.0. The van der Waals surface area contributed by atoms with Crippen molar-refractivity contribution in [2.45, 2.75) is 32.1 Å². The summed E-state index contributed by atoms with van der Waals surface area (Å²) in [7, 11) is 0. The van der Waals surface area contributed by atoms with Crippen LogP contribution in [0.15, 0.2) is 60.7 Å². The van der Waals surface area contributed by atoms with Crippen molar-refractivity contribution in [3.63, 3.8) is 0 Å². The zero-order chi connectivity index (χ0) is 23.8. The van der Waals surface area contributed by atoms with E-state index >= 15 is 0 Å². The summed E-state index contributed by atoms with van der Waals surface area (Å²) in [6, 6.07) is 22.4. The fourth-order valence-corrected chi connectivity index (χ4v) is 4.78. The number of nitrogens with one attached hydrogen (secondary N) is 2. The van der Waals surface area contributed by atoms with Gasteiger partial charge in [0.2, 0.25) is 0 Å². The Kier molecular flexibility index (Phi) is 5.45. The molecule has 0 spiro atoms. The van der Waals surface area contributed by atoms with Crippen molar-refractivity contribution in [3.05, 3.63) is 82.4 Å². The fourth-order valence-electron chi connectivity index (χ4n) is 4.78. The van der Waals surface area contributed by atoms with Crippen LogP contribution in [0.4, 0.5) is 5.69 Å². The van der Waals surface area contributed by atoms with Crippen molar-refractivity contribution in [2.24, 2.45) is 5.41 Å². The number of pyridine rings is 1. The first-order chi connectivity index (χ1) is 16.4. The summed E-state index contributed by atoms with van der Waals surface area (Å²) in [5.74, 6) is -0.125. The average Bonchev–Trinajstić information content (AvgIpc) is 2.87. The summed E-state index contributed by atoms with van der Waals surface area (Å²) in [5, 5.41) is 18.2. The van der Waals surface area contributed by atoms with E-state index in [4.69, 9.17) is 4.98 Å². The molecule has 3 aromatic rings. The number of benzene rings is 2. The molecule has 5 nitrogen and oxygen atoms in total. The van der Waals surface area contributed by atoms with E-state index in [2.05, 4.69) is 60.0 Å². The Hall–Kier alpha value is -3.91. The molecule has 0 saturated heterocycles. The first-order valence-corrected chi connectivity index (χ1v) is 11.7. The number of anilines is 1. The van der Waals surface area contributed by atoms with Crippen molar-refractivity contribution in [1.82, 2.24) is 10.3 Å². The van der Waals surface area contributed by atoms with Gasteiger partial charge in [0.1, 0.15) is 0 Å². The van der Waals surface area contributed by atoms with Crippen molar-refractivity contribution < 1.29 is 7.65 Å². The highest BCUT2D eigenvalue weighted by molar-refractivity contribution is 5.95. The lowest BCUT2D eigenvalue weighted by Gasteiger charge is -2.31. The van der Waals surface area contributed by atoms with E-state index in [1.165, 1.54) is 0 Å². The second-order valence-electron chi connectivity index (χ2n) is 9.81. The molecule has 2 aliphatic rings. The minimum Gasteiger partial charge on any atom is -0.385 e. The Bertz CT molecular complexity index is 1430. The zero-order valence-electron chi connectivity index (χ0n) is 19.6. The summed E-state index contributed by atoms with van der Waals surface area (Å²) in [5.41, 5.74) is 3.63. The quantitative estimate of drug-likeness (QED) is 0.621. The van der Waals surface area contributed by atoms with Gasteiger partial charge in [-0.3, -0.25) is 4.79 Å². The summed E-state index contributed by atoms with van der Waals surface area (Å²) in [6.45, 7) is 5.35. The maximum atomic E-state index is 13.0. The fraction of sp³-hybridized carbons (Fsp3) is 0.276. The van der Waals surface area contributed by atoms with Gasteiger partial charge in [0.25, 0.3) is 5.91 Å². The molecule has 34 heavy (non-hydrogen) atoms. The molecule has 1 amide bonds. The minimum atomic E-state index is -0.583. The van der Waals surface area contributed by atoms with Crippen LogP contribution in [-0.4, -0.2) is 24.0 Å². The van der Waals surface area contributed by atoms with Gasteiger partial charge in [0.05, 0.1) is 22.5 Å². The number of amides is 1. The standard InChI is InChI=1S/C29H28N4O.2H2/c1-28(13-12-21-8-10-24(33-26(21)17-28)20-6-4-3-5-7-20)19-32-27(34)22-9-11-25-23(16-22)29(2,18-30)14-15-31-25;;/h3-12,16-17,31H,13-15,19H2,1-2H3,(H,32,34);2*1H/t28?,29-;;/m0../s1. The smallest absolute Gasteiger partial charge is 0.251 e. The van der Waals surface area contributed by atoms with Crippen molar-refractivity contribution in [3.8, 4) is 17.3 Å². The van der Waals surface area contributed by atoms with E-state index in [9.17, 15) is 10.1 Å². The highest BCUT2D eigenvalue weighted by atomic mass is 16.1. The Labute approximate surface area is 202 Å². The molecule has 0 radical (unpaired) electrons. The molecule has 1 aliphatic heterocycles. The molecule has 0 bridgehead atoms. The van der Waals surface area contributed by atoms with Crippen molar-refractivity contribution >= 4 is 23.7 Å². The van der Waals surface area contributed by atoms with Gasteiger partial charge in [-0.05, 0) is 54.8 Å². The lowest BCUT2D eigenvalue weighted by atomic mass is 9.77. The molecular formula is C29H32N4O. The number of hydrogen-bond donors (Lipinski definition) is 2. The average molecular weight is 453 g/mol. The van der Waals surface area contributed by atoms with Crippen molar-refractivity contribution in [1.29, 1.82) is 5.26 Å². The number of fused-ring (bicyclic) bond motifs is 2. The van der Waals surface area contributed by atoms with Crippen LogP contribution in [0.1, 0.15) is 45.5 Å². The molecule has 1 aromatic heterocycles. The van der Waals surface area contributed by atoms with Gasteiger partial charge in [-0.25, -0.2) is 4.98 Å². The van der Waals surface area contributed by atoms with E-state index in [0.717, 1.165) is 52.5 Å². The Morgan fingerprint density at radius 3 is 2.79 bits per heavy atom. The third-order valence-corrected chi connectivity index (χ3v) is 7.02. The molecule has 2 aromatic carbocycles. The molecule has 5 rings (SSSR count). The van der Waals surface area contributed by atoms with E-state index in [-0.39, 0.29) is 14.2 Å². The van der Waals surface area contributed by atoms with Crippen LogP contribution >= 0.6 is 0 Å². The summed E-state index contributed by atoms with van der Waals surface area (Å²) < 4.78 is 0. The number of rotatable bonds is 4. The van der Waals surface area contributed by atoms with Gasteiger partial charge in [0.15, 0.2) is 0 Å². The second-order valence-corrected chi connectivity index (χ2v) is 9.81. The van der Waals surface area contributed by atoms with Gasteiger partial charge in [-0.2, -0.15) is 5.26 Å². The summed E-state index contributed by atoms with van der Waals surface area (Å²) >= 11 is 0. The number of carbonyl (C=O) groups is 1. The lowest BCUT2D eigenvalue weighted by molar-refractivity contribution is 0.0943. The molecule has 0 saturated carbocycles. The number of nitriles is 1. The number of aromatic nitrogens is 1. The molecule has 2 heterocycles. The number of carbonyl (C=O) groups excluding carboxylic acids is 1. The monoisotopic (exact) mass is 452 g/mol. The Balaban J connectivity index is 0.00000180. The normalized spacial score (nSPS) is 22.6. The van der Waals surface area contributed by atoms with E-state index in [1.54, 1.807) is 0 Å². The molecule has 5 heteroatoms. The van der Waals surface area contributed by atoms with Crippen LogP contribution in [0.3, 0.4) is 0 Å². The molecule has 0 fully saturated rings. The summed E-state index contributed by atoms with van der Waals surface area (Å²) in [4.78, 5) is 17.9. The Morgan fingerprint density at radius 1 is 1.18 bits per heavy atom. The minimum absolute atomic E-state index is 0. The van der Waals surface area contributed by atoms with E-state index < -0.39 is 5.41 Å². The van der Waals surface area contributed by atoms with Crippen LogP contribution in [0.25, 0.3) is 23.4 Å². The number of hydrogen-bond acceptors (Lipinski definition) is 4. The maximum Gasteiger partial charge on any atom is 0.251 e. The van der Waals surface area contributed by atoms with Crippen LogP contribution in [0, 0.1) is 16.7 Å². The van der Waals surface area contributed by atoms with Gasteiger partial charge in [-0.15, -0.1) is 0 Å². The molecule has 1 aliphatic carbocycles. The topological polar surface area (TPSA) is 77.8 Å². The zero-order valence-corrected chi connectivity index (χ0v) is 19.6. The first-order valence-electron chi connectivity index (χ1n) is 11.7. The van der Waals surface area contributed by atoms with Gasteiger partial charge in [0, 0.05) is 38.2 Å². The second kappa shape index (κ2) is 8.46. The largest absolute Gasteiger partial charge is 0.385 e. The predicted octanol–water partition coefficient (Wildman–Crippen LogP) is 4.24. The van der Waals surface area contributed by atoms with Crippen LogP contribution in [-0.2, 0) is 5.41 Å². The van der Waals surface area contributed by atoms with Crippen LogP contribution in [0.2, 0.25) is 0 Å². The molecule has 174 valence electrons. The molecule has 2 atom stereocenters. The highest BCUT2D eigenvalue weighted by Gasteiger charge is 2.33. The highest BCUT2D eigenvalue weighted by Crippen LogP contribution is 2.37. The van der Waals surface area contributed by atoms with Crippen LogP contribution < -0.4 is 21.2 Å².